The molecule has 2 N–H and O–H groups in total. The minimum absolute atomic E-state index is 0.111. The number of esters is 1. The van der Waals surface area contributed by atoms with Crippen molar-refractivity contribution in [1.29, 1.82) is 0 Å². The third-order valence-corrected chi connectivity index (χ3v) is 5.27. The van der Waals surface area contributed by atoms with Gasteiger partial charge in [-0.3, -0.25) is 4.79 Å². The van der Waals surface area contributed by atoms with Crippen molar-refractivity contribution in [2.24, 2.45) is 0 Å². The zero-order valence-corrected chi connectivity index (χ0v) is 17.3. The van der Waals surface area contributed by atoms with Crippen LogP contribution in [0.2, 0.25) is 0 Å². The van der Waals surface area contributed by atoms with E-state index in [1.54, 1.807) is 24.3 Å². The van der Waals surface area contributed by atoms with Gasteiger partial charge in [-0.05, 0) is 43.4 Å². The molecule has 2 aromatic carbocycles. The third-order valence-electron chi connectivity index (χ3n) is 4.93. The molecular formula is C23H23FN2O3S. The van der Waals surface area contributed by atoms with Crippen LogP contribution in [0.3, 0.4) is 0 Å². The lowest BCUT2D eigenvalue weighted by atomic mass is 10.0. The zero-order valence-electron chi connectivity index (χ0n) is 16.4. The highest BCUT2D eigenvalue weighted by molar-refractivity contribution is 7.80. The number of carbonyl (C=O) groups excluding carboxylic acids is 2. The second-order valence-electron chi connectivity index (χ2n) is 7.20. The lowest BCUT2D eigenvalue weighted by Crippen LogP contribution is -2.44. The maximum Gasteiger partial charge on any atom is 0.338 e. The highest BCUT2D eigenvalue weighted by Gasteiger charge is 2.41. The van der Waals surface area contributed by atoms with Crippen molar-refractivity contribution < 1.29 is 18.7 Å². The molecule has 3 rings (SSSR count). The van der Waals surface area contributed by atoms with Gasteiger partial charge in [0.1, 0.15) is 17.4 Å². The third kappa shape index (κ3) is 5.51. The summed E-state index contributed by atoms with van der Waals surface area (Å²) in [5, 5.41) is 5.23. The molecule has 0 aliphatic heterocycles. The lowest BCUT2D eigenvalue weighted by molar-refractivity contribution is -0.131. The van der Waals surface area contributed by atoms with Crippen LogP contribution in [0.4, 0.5) is 4.39 Å². The molecule has 0 radical (unpaired) electrons. The molecule has 156 valence electrons. The monoisotopic (exact) mass is 426 g/mol. The molecule has 0 unspecified atom stereocenters. The van der Waals surface area contributed by atoms with E-state index in [-0.39, 0.29) is 25.3 Å². The van der Waals surface area contributed by atoms with Gasteiger partial charge in [-0.1, -0.05) is 61.3 Å². The van der Waals surface area contributed by atoms with Crippen molar-refractivity contribution >= 4 is 29.1 Å². The average Bonchev–Trinajstić information content (AvgIpc) is 3.20. The van der Waals surface area contributed by atoms with Gasteiger partial charge < -0.3 is 15.4 Å². The summed E-state index contributed by atoms with van der Waals surface area (Å²) in [5.74, 6) is -1.03. The minimum Gasteiger partial charge on any atom is -0.457 e. The molecule has 1 saturated carbocycles. The topological polar surface area (TPSA) is 67.4 Å². The Labute approximate surface area is 180 Å². The summed E-state index contributed by atoms with van der Waals surface area (Å²) in [6.07, 6.45) is 1.83. The van der Waals surface area contributed by atoms with Crippen molar-refractivity contribution in [2.45, 2.75) is 38.0 Å². The Bertz CT molecular complexity index is 939. The van der Waals surface area contributed by atoms with E-state index < -0.39 is 17.5 Å². The molecule has 0 heterocycles. The van der Waals surface area contributed by atoms with Gasteiger partial charge in [0.25, 0.3) is 5.91 Å². The van der Waals surface area contributed by atoms with Gasteiger partial charge in [-0.15, -0.1) is 0 Å². The fourth-order valence-electron chi connectivity index (χ4n) is 3.22. The van der Waals surface area contributed by atoms with Gasteiger partial charge in [0.15, 0.2) is 5.67 Å². The van der Waals surface area contributed by atoms with Gasteiger partial charge in [0.2, 0.25) is 0 Å². The van der Waals surface area contributed by atoms with Crippen LogP contribution >= 0.6 is 12.2 Å². The van der Waals surface area contributed by atoms with Crippen LogP contribution < -0.4 is 10.6 Å². The molecular weight excluding hydrogens is 403 g/mol. The smallest absolute Gasteiger partial charge is 0.338 e. The Balaban J connectivity index is 1.51. The number of nitrogens with one attached hydrogen (secondary N) is 2. The number of benzene rings is 2. The first-order chi connectivity index (χ1) is 14.4. The van der Waals surface area contributed by atoms with E-state index in [2.05, 4.69) is 17.2 Å². The molecule has 1 amide bonds. The summed E-state index contributed by atoms with van der Waals surface area (Å²) in [7, 11) is 0. The predicted molar refractivity (Wildman–Crippen MR) is 116 cm³/mol. The Morgan fingerprint density at radius 3 is 2.23 bits per heavy atom. The highest BCUT2D eigenvalue weighted by atomic mass is 32.1. The number of hydrogen-bond donors (Lipinski definition) is 2. The van der Waals surface area contributed by atoms with Crippen LogP contribution in [-0.4, -0.2) is 22.5 Å². The van der Waals surface area contributed by atoms with E-state index in [1.807, 2.05) is 30.3 Å². The number of carbonyl (C=O) groups is 2. The lowest BCUT2D eigenvalue weighted by Gasteiger charge is -2.20. The standard InChI is InChI=1S/C23H23FN2O3S/c1-16(26-22(28)23(24)13-5-6-14-23)25-20(30)18-9-11-19(12-10-18)21(27)29-15-17-7-3-2-4-8-17/h2-4,7-12H,1,5-6,13-15H2,(H,25,30)(H,26,28). The quantitative estimate of drug-likeness (QED) is 0.514. The molecule has 1 aliphatic rings. The SMILES string of the molecule is C=C(NC(=O)C1(F)CCCC1)NC(=S)c1ccc(C(=O)OCc2ccccc2)cc1. The van der Waals surface area contributed by atoms with Gasteiger partial charge in [-0.25, -0.2) is 9.18 Å². The van der Waals surface area contributed by atoms with Crippen LogP contribution in [-0.2, 0) is 16.1 Å². The molecule has 0 bridgehead atoms. The van der Waals surface area contributed by atoms with E-state index in [0.29, 0.717) is 29.0 Å². The van der Waals surface area contributed by atoms with E-state index in [0.717, 1.165) is 5.56 Å². The Morgan fingerprint density at radius 1 is 1.00 bits per heavy atom. The minimum atomic E-state index is -1.84. The Hall–Kier alpha value is -3.06. The highest BCUT2D eigenvalue weighted by Crippen LogP contribution is 2.33. The van der Waals surface area contributed by atoms with Crippen molar-refractivity contribution in [3.63, 3.8) is 0 Å². The number of ether oxygens (including phenoxy) is 1. The van der Waals surface area contributed by atoms with Gasteiger partial charge >= 0.3 is 5.97 Å². The zero-order chi connectivity index (χ0) is 21.6. The molecule has 30 heavy (non-hydrogen) atoms. The molecule has 7 heteroatoms. The first-order valence-corrected chi connectivity index (χ1v) is 10.1. The second kappa shape index (κ2) is 9.63. The van der Waals surface area contributed by atoms with Crippen molar-refractivity contribution in [2.75, 3.05) is 0 Å². The normalized spacial score (nSPS) is 14.6. The van der Waals surface area contributed by atoms with E-state index >= 15 is 0 Å². The van der Waals surface area contributed by atoms with Gasteiger partial charge in [0.05, 0.1) is 5.56 Å². The molecule has 0 saturated heterocycles. The second-order valence-corrected chi connectivity index (χ2v) is 7.61. The fourth-order valence-corrected chi connectivity index (χ4v) is 3.48. The van der Waals surface area contributed by atoms with Crippen molar-refractivity contribution in [1.82, 2.24) is 10.6 Å². The van der Waals surface area contributed by atoms with Crippen LogP contribution in [0.1, 0.15) is 47.2 Å². The summed E-state index contributed by atoms with van der Waals surface area (Å²) in [5.41, 5.74) is 0.0793. The maximum absolute atomic E-state index is 14.5. The molecule has 0 aromatic heterocycles. The number of amides is 1. The van der Waals surface area contributed by atoms with Crippen LogP contribution in [0.25, 0.3) is 0 Å². The molecule has 1 aliphatic carbocycles. The number of alkyl halides is 1. The van der Waals surface area contributed by atoms with Crippen LogP contribution in [0, 0.1) is 0 Å². The number of thiocarbonyl (C=S) groups is 1. The Morgan fingerprint density at radius 2 is 1.60 bits per heavy atom. The largest absolute Gasteiger partial charge is 0.457 e. The van der Waals surface area contributed by atoms with E-state index in [1.165, 1.54) is 0 Å². The fraction of sp³-hybridized carbons (Fsp3) is 0.261. The molecule has 5 nitrogen and oxygen atoms in total. The summed E-state index contributed by atoms with van der Waals surface area (Å²) < 4.78 is 19.8. The average molecular weight is 427 g/mol. The first-order valence-electron chi connectivity index (χ1n) is 9.69. The van der Waals surface area contributed by atoms with Gasteiger partial charge in [0, 0.05) is 5.56 Å². The van der Waals surface area contributed by atoms with E-state index in [4.69, 9.17) is 17.0 Å². The van der Waals surface area contributed by atoms with Crippen molar-refractivity contribution in [3.8, 4) is 0 Å². The molecule has 0 atom stereocenters. The molecule has 2 aromatic rings. The number of rotatable bonds is 7. The summed E-state index contributed by atoms with van der Waals surface area (Å²) in [6.45, 7) is 3.88. The predicted octanol–water partition coefficient (Wildman–Crippen LogP) is 4.18. The number of hydrogen-bond acceptors (Lipinski definition) is 4. The molecule has 0 spiro atoms. The van der Waals surface area contributed by atoms with E-state index in [9.17, 15) is 14.0 Å². The Kier molecular flexibility index (Phi) is 6.95. The first kappa shape index (κ1) is 21.6. The van der Waals surface area contributed by atoms with Crippen LogP contribution in [0.15, 0.2) is 67.0 Å². The maximum atomic E-state index is 14.5. The summed E-state index contributed by atoms with van der Waals surface area (Å²) >= 11 is 5.30. The molecule has 1 fully saturated rings. The summed E-state index contributed by atoms with van der Waals surface area (Å²) in [6, 6.07) is 15.9. The summed E-state index contributed by atoms with van der Waals surface area (Å²) in [4.78, 5) is 24.6. The van der Waals surface area contributed by atoms with Crippen molar-refractivity contribution in [3.05, 3.63) is 83.7 Å². The number of halogens is 1. The van der Waals surface area contributed by atoms with Gasteiger partial charge in [-0.2, -0.15) is 0 Å². The van der Waals surface area contributed by atoms with Crippen LogP contribution in [0.5, 0.6) is 0 Å².